The summed E-state index contributed by atoms with van der Waals surface area (Å²) in [6, 6.07) is 18.4. The molecule has 4 aromatic heterocycles. The Labute approximate surface area is 390 Å². The predicted octanol–water partition coefficient (Wildman–Crippen LogP) is 7.70. The summed E-state index contributed by atoms with van der Waals surface area (Å²) in [7, 11) is 3.07. The summed E-state index contributed by atoms with van der Waals surface area (Å²) >= 11 is 0. The number of carbonyl (C=O) groups excluding carboxylic acids is 1. The number of methoxy groups -OCH3 is 2. The highest BCUT2D eigenvalue weighted by atomic mass is 16.7. The zero-order valence-electron chi connectivity index (χ0n) is 37.6. The van der Waals surface area contributed by atoms with Crippen LogP contribution in [0.3, 0.4) is 0 Å². The lowest BCUT2D eigenvalue weighted by atomic mass is 9.94. The molecule has 0 aliphatic carbocycles. The van der Waals surface area contributed by atoms with Gasteiger partial charge in [-0.1, -0.05) is 30.3 Å². The van der Waals surface area contributed by atoms with Gasteiger partial charge in [0, 0.05) is 74.0 Å². The van der Waals surface area contributed by atoms with Crippen LogP contribution in [-0.4, -0.2) is 107 Å². The zero-order chi connectivity index (χ0) is 47.1. The number of nitrogens with one attached hydrogen (secondary N) is 2. The Bertz CT molecular complexity index is 2910. The summed E-state index contributed by atoms with van der Waals surface area (Å²) in [5.41, 5.74) is 19.3. The Morgan fingerprint density at radius 1 is 0.735 bits per heavy atom. The van der Waals surface area contributed by atoms with E-state index in [1.54, 1.807) is 43.5 Å². The molecule has 2 amide bonds. The van der Waals surface area contributed by atoms with Crippen molar-refractivity contribution in [3.8, 4) is 39.5 Å². The Morgan fingerprint density at radius 3 is 1.94 bits per heavy atom. The van der Waals surface area contributed by atoms with Gasteiger partial charge in [0.25, 0.3) is 0 Å². The van der Waals surface area contributed by atoms with Gasteiger partial charge < -0.3 is 58.9 Å². The molecule has 7 heterocycles. The molecule has 20 heteroatoms. The second-order valence-corrected chi connectivity index (χ2v) is 16.3. The summed E-state index contributed by atoms with van der Waals surface area (Å²) in [5.74, 6) is 2.16. The third kappa shape index (κ3) is 9.65. The Kier molecular flexibility index (Phi) is 13.8. The number of nitrogens with two attached hydrogens (primary N) is 2. The maximum atomic E-state index is 12.4. The molecule has 20 nitrogen and oxygen atoms in total. The molecule has 3 aromatic carbocycles. The van der Waals surface area contributed by atoms with Crippen LogP contribution in [0.2, 0.25) is 0 Å². The second kappa shape index (κ2) is 20.6. The van der Waals surface area contributed by atoms with Gasteiger partial charge in [-0.25, -0.2) is 29.5 Å². The van der Waals surface area contributed by atoms with Crippen LogP contribution in [0.15, 0.2) is 85.7 Å². The number of nitrogens with zero attached hydrogens (tertiary/aromatic N) is 6. The largest absolute Gasteiger partial charge is 0.495 e. The summed E-state index contributed by atoms with van der Waals surface area (Å²) in [6.45, 7) is 3.47. The van der Waals surface area contributed by atoms with E-state index in [9.17, 15) is 14.7 Å². The van der Waals surface area contributed by atoms with Crippen molar-refractivity contribution in [1.29, 1.82) is 0 Å². The van der Waals surface area contributed by atoms with Gasteiger partial charge in [0.05, 0.1) is 49.1 Å². The molecule has 3 saturated heterocycles. The first-order chi connectivity index (χ1) is 33.2. The van der Waals surface area contributed by atoms with E-state index < -0.39 is 12.2 Å². The van der Waals surface area contributed by atoms with Crippen molar-refractivity contribution in [1.82, 2.24) is 29.1 Å². The first kappa shape index (κ1) is 45.6. The van der Waals surface area contributed by atoms with Crippen molar-refractivity contribution in [2.45, 2.75) is 50.3 Å². The number of hydrogen-bond donors (Lipinski definition) is 5. The van der Waals surface area contributed by atoms with Crippen molar-refractivity contribution in [2.75, 3.05) is 76.1 Å². The predicted molar refractivity (Wildman–Crippen MR) is 253 cm³/mol. The highest BCUT2D eigenvalue weighted by Crippen LogP contribution is 2.44. The monoisotopic (exact) mass is 928 g/mol. The molecule has 0 saturated carbocycles. The number of amides is 2. The van der Waals surface area contributed by atoms with E-state index in [4.69, 9.17) is 44.6 Å². The molecule has 7 N–H and O–H groups in total. The van der Waals surface area contributed by atoms with Gasteiger partial charge in [-0.15, -0.1) is 0 Å². The number of carboxylic acid groups (broad SMARTS) is 1. The van der Waals surface area contributed by atoms with Gasteiger partial charge in [-0.3, -0.25) is 10.6 Å². The number of ether oxygens (including phenoxy) is 7. The molecule has 3 aliphatic heterocycles. The fourth-order valence-corrected chi connectivity index (χ4v) is 9.06. The van der Waals surface area contributed by atoms with Crippen LogP contribution in [0, 0.1) is 0 Å². The Hall–Kier alpha value is -7.52. The normalized spacial score (nSPS) is 16.5. The number of rotatable bonds is 11. The van der Waals surface area contributed by atoms with Gasteiger partial charge in [0.15, 0.2) is 0 Å². The Morgan fingerprint density at radius 2 is 1.35 bits per heavy atom. The number of hydrogen-bond acceptors (Lipinski definition) is 15. The van der Waals surface area contributed by atoms with Gasteiger partial charge >= 0.3 is 12.2 Å². The van der Waals surface area contributed by atoms with Crippen LogP contribution in [0.5, 0.6) is 17.2 Å². The fraction of sp³-hybridized carbons (Fsp3) is 0.333. The van der Waals surface area contributed by atoms with Gasteiger partial charge in [0.2, 0.25) is 0 Å². The quantitative estimate of drug-likeness (QED) is 0.0833. The highest BCUT2D eigenvalue weighted by Gasteiger charge is 2.29. The van der Waals surface area contributed by atoms with Gasteiger partial charge in [0.1, 0.15) is 59.6 Å². The van der Waals surface area contributed by atoms with Gasteiger partial charge in [-0.05, 0) is 67.1 Å². The van der Waals surface area contributed by atoms with Crippen molar-refractivity contribution < 1.29 is 47.9 Å². The zero-order valence-corrected chi connectivity index (χ0v) is 37.6. The minimum absolute atomic E-state index is 0.190. The SMILES string of the molecule is COc1c(NC(=O)O)ccc(-c2cn(C3CCOCC3)c3ncnc(N)c23)c1CC1COCO1.COc1cc(-c2cn(C3CCOCC3)c3ncnc(N)c23)ccc1NC(=O)Oc1ccccc1. The summed E-state index contributed by atoms with van der Waals surface area (Å²) < 4.78 is 43.1. The van der Waals surface area contributed by atoms with Crippen LogP contribution in [0.4, 0.5) is 32.6 Å². The van der Waals surface area contributed by atoms with E-state index in [2.05, 4.69) is 52.1 Å². The molecular weight excluding hydrogens is 877 g/mol. The number of aromatic nitrogens is 6. The lowest BCUT2D eigenvalue weighted by Gasteiger charge is -2.24. The number of fused-ring (bicyclic) bond motifs is 2. The number of carbonyl (C=O) groups is 2. The highest BCUT2D eigenvalue weighted by molar-refractivity contribution is 6.03. The first-order valence-electron chi connectivity index (χ1n) is 22.2. The second-order valence-electron chi connectivity index (χ2n) is 16.3. The van der Waals surface area contributed by atoms with E-state index in [0.29, 0.717) is 79.7 Å². The van der Waals surface area contributed by atoms with Gasteiger partial charge in [-0.2, -0.15) is 0 Å². The minimum Gasteiger partial charge on any atom is -0.495 e. The lowest BCUT2D eigenvalue weighted by Crippen LogP contribution is -2.19. The standard InChI is InChI=1S/C25H25N5O4.C23H27N5O6/c1-32-21-13-16(7-8-20(21)29-25(31)34-18-5-3-2-4-6-18)19-14-30(17-9-11-33-12-10-17)24-22(19)23(26)27-15-28-24;1-31-20-16(8-14-10-33-12-34-14)15(2-3-18(20)27-23(29)30)17-9-28(13-4-6-32-7-5-13)22-19(17)21(24)25-11-26-22/h2-8,13-15,17H,9-12H2,1H3,(H,29,31)(H2,26,27,28);2-3,9,11,13-14,27H,4-8,10,12H2,1H3,(H,29,30)(H2,24,25,26). The topological polar surface area (TPSA) is 256 Å². The third-order valence-corrected chi connectivity index (χ3v) is 12.3. The average Bonchev–Trinajstić information content (AvgIpc) is 4.12. The molecule has 0 radical (unpaired) electrons. The first-order valence-corrected chi connectivity index (χ1v) is 22.2. The summed E-state index contributed by atoms with van der Waals surface area (Å²) in [5, 5.41) is 16.0. The molecular formula is C48H52N10O10. The molecule has 68 heavy (non-hydrogen) atoms. The van der Waals surface area contributed by atoms with E-state index in [1.807, 2.05) is 24.3 Å². The van der Waals surface area contributed by atoms with E-state index in [0.717, 1.165) is 75.6 Å². The molecule has 3 fully saturated rings. The molecule has 0 bridgehead atoms. The average molecular weight is 929 g/mol. The van der Waals surface area contributed by atoms with Crippen molar-refractivity contribution in [3.63, 3.8) is 0 Å². The molecule has 354 valence electrons. The molecule has 1 atom stereocenters. The smallest absolute Gasteiger partial charge is 0.417 e. The van der Waals surface area contributed by atoms with Crippen molar-refractivity contribution in [3.05, 3.63) is 91.3 Å². The number of benzene rings is 3. The number of nitrogen functional groups attached to an aromatic ring is 2. The van der Waals surface area contributed by atoms with Crippen LogP contribution in [0.1, 0.15) is 43.3 Å². The molecule has 3 aliphatic rings. The Balaban J connectivity index is 0.000000170. The molecule has 10 rings (SSSR count). The third-order valence-electron chi connectivity index (χ3n) is 12.3. The van der Waals surface area contributed by atoms with Crippen LogP contribution in [0.25, 0.3) is 44.3 Å². The van der Waals surface area contributed by atoms with Crippen LogP contribution < -0.4 is 36.3 Å². The maximum absolute atomic E-state index is 12.4. The van der Waals surface area contributed by atoms with E-state index in [1.165, 1.54) is 19.8 Å². The lowest BCUT2D eigenvalue weighted by molar-refractivity contribution is 0.0469. The van der Waals surface area contributed by atoms with Crippen molar-refractivity contribution in [2.24, 2.45) is 0 Å². The summed E-state index contributed by atoms with van der Waals surface area (Å²) in [4.78, 5) is 41.3. The van der Waals surface area contributed by atoms with Crippen LogP contribution in [-0.2, 0) is 25.4 Å². The fourth-order valence-electron chi connectivity index (χ4n) is 9.06. The molecule has 0 spiro atoms. The van der Waals surface area contributed by atoms with Crippen molar-refractivity contribution >= 4 is 57.3 Å². The molecule has 7 aromatic rings. The van der Waals surface area contributed by atoms with E-state index in [-0.39, 0.29) is 25.0 Å². The van der Waals surface area contributed by atoms with E-state index >= 15 is 0 Å². The number of para-hydroxylation sites is 1. The summed E-state index contributed by atoms with van der Waals surface area (Å²) in [6.07, 6.45) is 9.14. The minimum atomic E-state index is -1.17. The number of anilines is 4. The van der Waals surface area contributed by atoms with Crippen LogP contribution >= 0.6 is 0 Å². The maximum Gasteiger partial charge on any atom is 0.417 e. The molecule has 1 unspecified atom stereocenters.